The molecule has 0 aliphatic heterocycles. The second-order valence-electron chi connectivity index (χ2n) is 12.4. The summed E-state index contributed by atoms with van der Waals surface area (Å²) in [7, 11) is 0. The van der Waals surface area contributed by atoms with Crippen LogP contribution >= 0.6 is 0 Å². The van der Waals surface area contributed by atoms with Gasteiger partial charge in [0, 0.05) is 0 Å². The summed E-state index contributed by atoms with van der Waals surface area (Å²) >= 11 is 0. The molecule has 30 heavy (non-hydrogen) atoms. The van der Waals surface area contributed by atoms with Crippen molar-refractivity contribution in [2.75, 3.05) is 0 Å². The SMILES string of the molecule is CCC(C=CC(C)C1CCC2=C3CCC4CC(O)CCC4(C)C3CCC21C)C(C)C. The summed E-state index contributed by atoms with van der Waals surface area (Å²) in [4.78, 5) is 0. The molecule has 0 saturated heterocycles. The fourth-order valence-corrected chi connectivity index (χ4v) is 8.63. The van der Waals surface area contributed by atoms with Crippen molar-refractivity contribution in [2.45, 2.75) is 112 Å². The molecule has 1 N–H and O–H groups in total. The molecule has 8 unspecified atom stereocenters. The van der Waals surface area contributed by atoms with Crippen LogP contribution in [0.5, 0.6) is 0 Å². The molecule has 0 radical (unpaired) electrons. The normalized spacial score (nSPS) is 43.5. The zero-order chi connectivity index (χ0) is 21.7. The van der Waals surface area contributed by atoms with Crippen LogP contribution in [0.1, 0.15) is 106 Å². The molecule has 1 heteroatoms. The summed E-state index contributed by atoms with van der Waals surface area (Å²) in [6.45, 7) is 14.8. The molecule has 8 atom stereocenters. The standard InChI is InChI=1S/C29H48O/c1-7-21(19(2)3)9-8-20(4)25-12-13-26-24-11-10-22-18-23(30)14-16-28(22,5)27(24)15-17-29(25,26)6/h8-9,19-23,25,27,30H,7,10-18H2,1-6H3. The monoisotopic (exact) mass is 412 g/mol. The number of allylic oxidation sites excluding steroid dienone is 4. The molecule has 0 aromatic heterocycles. The number of hydrogen-bond acceptors (Lipinski definition) is 1. The van der Waals surface area contributed by atoms with Crippen LogP contribution in [-0.2, 0) is 0 Å². The maximum atomic E-state index is 10.3. The first-order valence-corrected chi connectivity index (χ1v) is 13.3. The predicted octanol–water partition coefficient (Wildman–Crippen LogP) is 7.94. The number of hydrogen-bond donors (Lipinski definition) is 1. The predicted molar refractivity (Wildman–Crippen MR) is 128 cm³/mol. The van der Waals surface area contributed by atoms with Crippen LogP contribution in [0, 0.1) is 46.3 Å². The Morgan fingerprint density at radius 2 is 1.77 bits per heavy atom. The van der Waals surface area contributed by atoms with Gasteiger partial charge in [0.1, 0.15) is 0 Å². The van der Waals surface area contributed by atoms with E-state index in [2.05, 4.69) is 53.7 Å². The minimum absolute atomic E-state index is 0.0348. The molecule has 170 valence electrons. The molecular formula is C29H48O. The van der Waals surface area contributed by atoms with Crippen molar-refractivity contribution in [3.63, 3.8) is 0 Å². The molecule has 4 aliphatic carbocycles. The highest BCUT2D eigenvalue weighted by molar-refractivity contribution is 5.35. The highest BCUT2D eigenvalue weighted by Gasteiger charge is 2.55. The first-order chi connectivity index (χ1) is 14.2. The van der Waals surface area contributed by atoms with Crippen molar-refractivity contribution in [3.05, 3.63) is 23.3 Å². The van der Waals surface area contributed by atoms with Crippen molar-refractivity contribution >= 4 is 0 Å². The van der Waals surface area contributed by atoms with E-state index in [1.807, 2.05) is 11.1 Å². The molecule has 0 spiro atoms. The molecule has 1 nitrogen and oxygen atoms in total. The van der Waals surface area contributed by atoms with E-state index in [-0.39, 0.29) is 6.10 Å². The average Bonchev–Trinajstić information content (AvgIpc) is 3.06. The highest BCUT2D eigenvalue weighted by Crippen LogP contribution is 2.65. The third kappa shape index (κ3) is 3.66. The van der Waals surface area contributed by atoms with Crippen molar-refractivity contribution in [2.24, 2.45) is 46.3 Å². The molecule has 3 saturated carbocycles. The molecular weight excluding hydrogens is 364 g/mol. The Labute approximate surface area is 186 Å². The quantitative estimate of drug-likeness (QED) is 0.454. The Hall–Kier alpha value is -0.560. The zero-order valence-corrected chi connectivity index (χ0v) is 20.7. The lowest BCUT2D eigenvalue weighted by molar-refractivity contribution is -0.0377. The first kappa shape index (κ1) is 22.6. The van der Waals surface area contributed by atoms with Crippen LogP contribution < -0.4 is 0 Å². The average molecular weight is 413 g/mol. The summed E-state index contributed by atoms with van der Waals surface area (Å²) in [5.74, 6) is 4.54. The van der Waals surface area contributed by atoms with Gasteiger partial charge in [0.15, 0.2) is 0 Å². The molecule has 0 heterocycles. The van der Waals surface area contributed by atoms with Gasteiger partial charge in [-0.05, 0) is 111 Å². The van der Waals surface area contributed by atoms with Gasteiger partial charge in [0.2, 0.25) is 0 Å². The number of fused-ring (bicyclic) bond motifs is 4. The summed E-state index contributed by atoms with van der Waals surface area (Å²) in [5, 5.41) is 10.3. The van der Waals surface area contributed by atoms with E-state index < -0.39 is 0 Å². The van der Waals surface area contributed by atoms with E-state index in [1.165, 1.54) is 51.4 Å². The molecule has 0 aromatic rings. The van der Waals surface area contributed by atoms with Crippen LogP contribution in [-0.4, -0.2) is 11.2 Å². The maximum Gasteiger partial charge on any atom is 0.0543 e. The largest absolute Gasteiger partial charge is 0.393 e. The highest BCUT2D eigenvalue weighted by atomic mass is 16.3. The van der Waals surface area contributed by atoms with Crippen LogP contribution in [0.2, 0.25) is 0 Å². The van der Waals surface area contributed by atoms with E-state index in [4.69, 9.17) is 0 Å². The Morgan fingerprint density at radius 3 is 2.47 bits per heavy atom. The number of aliphatic hydroxyl groups is 1. The van der Waals surface area contributed by atoms with Crippen molar-refractivity contribution in [1.82, 2.24) is 0 Å². The van der Waals surface area contributed by atoms with Gasteiger partial charge in [-0.1, -0.05) is 64.8 Å². The minimum Gasteiger partial charge on any atom is -0.393 e. The van der Waals surface area contributed by atoms with Gasteiger partial charge in [-0.15, -0.1) is 0 Å². The molecule has 0 bridgehead atoms. The van der Waals surface area contributed by atoms with E-state index in [0.717, 1.165) is 42.4 Å². The molecule has 4 rings (SSSR count). The molecule has 0 aromatic carbocycles. The number of rotatable bonds is 5. The lowest BCUT2D eigenvalue weighted by Gasteiger charge is -2.56. The molecule has 0 amide bonds. The second kappa shape index (κ2) is 8.42. The lowest BCUT2D eigenvalue weighted by Crippen LogP contribution is -2.48. The van der Waals surface area contributed by atoms with E-state index >= 15 is 0 Å². The van der Waals surface area contributed by atoms with Crippen LogP contribution in [0.4, 0.5) is 0 Å². The summed E-state index contributed by atoms with van der Waals surface area (Å²) < 4.78 is 0. The third-order valence-electron chi connectivity index (χ3n) is 10.7. The van der Waals surface area contributed by atoms with Gasteiger partial charge in [-0.25, -0.2) is 0 Å². The summed E-state index contributed by atoms with van der Waals surface area (Å²) in [6.07, 6.45) is 17.9. The van der Waals surface area contributed by atoms with Crippen LogP contribution in [0.25, 0.3) is 0 Å². The smallest absolute Gasteiger partial charge is 0.0543 e. The first-order valence-electron chi connectivity index (χ1n) is 13.3. The number of aliphatic hydroxyl groups excluding tert-OH is 1. The van der Waals surface area contributed by atoms with Crippen LogP contribution in [0.3, 0.4) is 0 Å². The van der Waals surface area contributed by atoms with Gasteiger partial charge >= 0.3 is 0 Å². The van der Waals surface area contributed by atoms with Gasteiger partial charge in [-0.3, -0.25) is 0 Å². The maximum absolute atomic E-state index is 10.3. The third-order valence-corrected chi connectivity index (χ3v) is 10.7. The van der Waals surface area contributed by atoms with Crippen molar-refractivity contribution < 1.29 is 5.11 Å². The van der Waals surface area contributed by atoms with Gasteiger partial charge in [0.25, 0.3) is 0 Å². The van der Waals surface area contributed by atoms with Crippen LogP contribution in [0.15, 0.2) is 23.3 Å². The second-order valence-corrected chi connectivity index (χ2v) is 12.4. The zero-order valence-electron chi connectivity index (χ0n) is 20.7. The fraction of sp³-hybridized carbons (Fsp3) is 0.862. The Kier molecular flexibility index (Phi) is 6.35. The van der Waals surface area contributed by atoms with E-state index in [1.54, 1.807) is 0 Å². The molecule has 4 aliphatic rings. The van der Waals surface area contributed by atoms with E-state index in [0.29, 0.717) is 16.7 Å². The fourth-order valence-electron chi connectivity index (χ4n) is 8.63. The Bertz CT molecular complexity index is 686. The summed E-state index contributed by atoms with van der Waals surface area (Å²) in [5.41, 5.74) is 4.68. The Morgan fingerprint density at radius 1 is 1.00 bits per heavy atom. The van der Waals surface area contributed by atoms with Gasteiger partial charge < -0.3 is 5.11 Å². The summed E-state index contributed by atoms with van der Waals surface area (Å²) in [6, 6.07) is 0. The van der Waals surface area contributed by atoms with Gasteiger partial charge in [-0.2, -0.15) is 0 Å². The molecule has 3 fully saturated rings. The van der Waals surface area contributed by atoms with Gasteiger partial charge in [0.05, 0.1) is 6.10 Å². The van der Waals surface area contributed by atoms with E-state index in [9.17, 15) is 5.11 Å². The minimum atomic E-state index is -0.0348. The van der Waals surface area contributed by atoms with Crippen molar-refractivity contribution in [3.8, 4) is 0 Å². The Balaban J connectivity index is 1.57. The topological polar surface area (TPSA) is 20.2 Å². The van der Waals surface area contributed by atoms with Crippen molar-refractivity contribution in [1.29, 1.82) is 0 Å². The lowest BCUT2D eigenvalue weighted by atomic mass is 9.49.